The summed E-state index contributed by atoms with van der Waals surface area (Å²) >= 11 is 11.6. The number of nitrogens with zero attached hydrogens (tertiary/aromatic N) is 2. The molecule has 0 aliphatic rings. The number of carbonyl (C=O) groups is 1. The summed E-state index contributed by atoms with van der Waals surface area (Å²) in [4.78, 5) is 17.4. The fraction of sp³-hybridized carbons (Fsp3) is 0.455. The van der Waals surface area contributed by atoms with Crippen molar-refractivity contribution in [2.24, 2.45) is 0 Å². The number of methoxy groups -OCH3 is 1. The van der Waals surface area contributed by atoms with Gasteiger partial charge in [-0.15, -0.1) is 0 Å². The van der Waals surface area contributed by atoms with Gasteiger partial charge in [0.25, 0.3) is 5.91 Å². The molecule has 0 fully saturated rings. The van der Waals surface area contributed by atoms with Gasteiger partial charge in [0.15, 0.2) is 0 Å². The second-order valence-corrected chi connectivity index (χ2v) is 4.35. The maximum atomic E-state index is 12.0. The van der Waals surface area contributed by atoms with Crippen LogP contribution in [-0.2, 0) is 4.74 Å². The van der Waals surface area contributed by atoms with Gasteiger partial charge in [-0.1, -0.05) is 23.2 Å². The topological polar surface area (TPSA) is 42.4 Å². The van der Waals surface area contributed by atoms with Gasteiger partial charge in [-0.3, -0.25) is 4.79 Å². The lowest BCUT2D eigenvalue weighted by Gasteiger charge is -2.17. The normalized spacial score (nSPS) is 10.4. The molecule has 0 saturated heterocycles. The predicted molar refractivity (Wildman–Crippen MR) is 67.7 cm³/mol. The number of hydrogen-bond acceptors (Lipinski definition) is 3. The van der Waals surface area contributed by atoms with Gasteiger partial charge in [0.2, 0.25) is 0 Å². The zero-order chi connectivity index (χ0) is 12.8. The largest absolute Gasteiger partial charge is 0.385 e. The van der Waals surface area contributed by atoms with Crippen molar-refractivity contribution in [1.29, 1.82) is 0 Å². The summed E-state index contributed by atoms with van der Waals surface area (Å²) in [6.07, 6.45) is 2.15. The monoisotopic (exact) mass is 276 g/mol. The van der Waals surface area contributed by atoms with Crippen LogP contribution < -0.4 is 0 Å². The Bertz CT molecular complexity index is 399. The molecule has 0 aliphatic heterocycles. The van der Waals surface area contributed by atoms with E-state index in [9.17, 15) is 4.79 Å². The smallest absolute Gasteiger partial charge is 0.255 e. The SMILES string of the molecule is COCCCN(C)C(=O)c1cc(Cl)ncc1Cl. The number of aromatic nitrogens is 1. The number of amides is 1. The van der Waals surface area contributed by atoms with E-state index in [1.165, 1.54) is 12.3 Å². The molecule has 1 amide bonds. The molecular weight excluding hydrogens is 263 g/mol. The van der Waals surface area contributed by atoms with Gasteiger partial charge in [0, 0.05) is 33.5 Å². The lowest BCUT2D eigenvalue weighted by molar-refractivity contribution is 0.0779. The first-order valence-corrected chi connectivity index (χ1v) is 5.87. The van der Waals surface area contributed by atoms with Gasteiger partial charge in [-0.05, 0) is 12.5 Å². The minimum absolute atomic E-state index is 0.171. The van der Waals surface area contributed by atoms with Crippen molar-refractivity contribution in [3.8, 4) is 0 Å². The second kappa shape index (κ2) is 6.79. The number of rotatable bonds is 5. The van der Waals surface area contributed by atoms with Crippen LogP contribution in [0.25, 0.3) is 0 Å². The van der Waals surface area contributed by atoms with E-state index in [0.29, 0.717) is 23.7 Å². The van der Waals surface area contributed by atoms with E-state index in [1.54, 1.807) is 19.1 Å². The van der Waals surface area contributed by atoms with E-state index in [1.807, 2.05) is 0 Å². The highest BCUT2D eigenvalue weighted by molar-refractivity contribution is 6.35. The van der Waals surface area contributed by atoms with Gasteiger partial charge in [-0.2, -0.15) is 0 Å². The fourth-order valence-corrected chi connectivity index (χ4v) is 1.67. The summed E-state index contributed by atoms with van der Waals surface area (Å²) in [6.45, 7) is 1.21. The second-order valence-electron chi connectivity index (χ2n) is 3.56. The molecule has 0 bridgehead atoms. The number of halogens is 2. The van der Waals surface area contributed by atoms with Crippen LogP contribution in [0.4, 0.5) is 0 Å². The molecule has 17 heavy (non-hydrogen) atoms. The van der Waals surface area contributed by atoms with E-state index in [2.05, 4.69) is 4.98 Å². The number of carbonyl (C=O) groups excluding carboxylic acids is 1. The van der Waals surface area contributed by atoms with Crippen LogP contribution in [-0.4, -0.2) is 43.1 Å². The lowest BCUT2D eigenvalue weighted by Crippen LogP contribution is -2.28. The Labute approximate surface area is 110 Å². The summed E-state index contributed by atoms with van der Waals surface area (Å²) < 4.78 is 4.93. The maximum absolute atomic E-state index is 12.0. The molecule has 94 valence electrons. The molecule has 0 saturated carbocycles. The summed E-state index contributed by atoms with van der Waals surface area (Å²) in [6, 6.07) is 1.47. The molecule has 6 heteroatoms. The molecule has 0 N–H and O–H groups in total. The van der Waals surface area contributed by atoms with E-state index in [4.69, 9.17) is 27.9 Å². The minimum atomic E-state index is -0.171. The Hall–Kier alpha value is -0.840. The third-order valence-electron chi connectivity index (χ3n) is 2.24. The molecule has 1 aromatic rings. The van der Waals surface area contributed by atoms with Gasteiger partial charge in [-0.25, -0.2) is 4.98 Å². The van der Waals surface area contributed by atoms with Crippen LogP contribution in [0.15, 0.2) is 12.3 Å². The zero-order valence-electron chi connectivity index (χ0n) is 9.74. The third-order valence-corrected chi connectivity index (χ3v) is 2.75. The van der Waals surface area contributed by atoms with Gasteiger partial charge in [0.05, 0.1) is 10.6 Å². The average molecular weight is 277 g/mol. The third kappa shape index (κ3) is 4.15. The zero-order valence-corrected chi connectivity index (χ0v) is 11.3. The molecule has 0 aliphatic carbocycles. The molecule has 1 aromatic heterocycles. The quantitative estimate of drug-likeness (QED) is 0.613. The molecule has 4 nitrogen and oxygen atoms in total. The Morgan fingerprint density at radius 1 is 1.53 bits per heavy atom. The Balaban J connectivity index is 2.71. The van der Waals surface area contributed by atoms with Crippen molar-refractivity contribution in [2.75, 3.05) is 27.3 Å². The summed E-state index contributed by atoms with van der Waals surface area (Å²) in [5, 5.41) is 0.557. The van der Waals surface area contributed by atoms with Crippen LogP contribution in [0, 0.1) is 0 Å². The van der Waals surface area contributed by atoms with E-state index >= 15 is 0 Å². The van der Waals surface area contributed by atoms with E-state index < -0.39 is 0 Å². The van der Waals surface area contributed by atoms with Crippen LogP contribution >= 0.6 is 23.2 Å². The summed E-state index contributed by atoms with van der Waals surface area (Å²) in [5.41, 5.74) is 0.367. The van der Waals surface area contributed by atoms with Crippen LogP contribution in [0.1, 0.15) is 16.8 Å². The minimum Gasteiger partial charge on any atom is -0.385 e. The highest BCUT2D eigenvalue weighted by Crippen LogP contribution is 2.19. The number of hydrogen-bond donors (Lipinski definition) is 0. The van der Waals surface area contributed by atoms with E-state index in [-0.39, 0.29) is 11.1 Å². The molecule has 1 rings (SSSR count). The fourth-order valence-electron chi connectivity index (χ4n) is 1.33. The van der Waals surface area contributed by atoms with Crippen molar-refractivity contribution < 1.29 is 9.53 Å². The summed E-state index contributed by atoms with van der Waals surface area (Å²) in [7, 11) is 3.34. The first-order chi connectivity index (χ1) is 8.06. The Morgan fingerprint density at radius 2 is 2.24 bits per heavy atom. The molecule has 0 unspecified atom stereocenters. The molecule has 0 aromatic carbocycles. The van der Waals surface area contributed by atoms with E-state index in [0.717, 1.165) is 6.42 Å². The first kappa shape index (κ1) is 14.2. The van der Waals surface area contributed by atoms with Gasteiger partial charge in [0.1, 0.15) is 5.15 Å². The molecular formula is C11H14Cl2N2O2. The van der Waals surface area contributed by atoms with Crippen molar-refractivity contribution in [3.63, 3.8) is 0 Å². The molecule has 0 spiro atoms. The molecule has 1 heterocycles. The van der Waals surface area contributed by atoms with Crippen molar-refractivity contribution in [1.82, 2.24) is 9.88 Å². The van der Waals surface area contributed by atoms with Crippen LogP contribution in [0.2, 0.25) is 10.2 Å². The maximum Gasteiger partial charge on any atom is 0.255 e. The molecule has 0 radical (unpaired) electrons. The Kier molecular flexibility index (Phi) is 5.68. The summed E-state index contributed by atoms with van der Waals surface area (Å²) in [5.74, 6) is -0.171. The number of ether oxygens (including phenoxy) is 1. The first-order valence-electron chi connectivity index (χ1n) is 5.11. The van der Waals surface area contributed by atoms with Crippen molar-refractivity contribution >= 4 is 29.1 Å². The van der Waals surface area contributed by atoms with Crippen molar-refractivity contribution in [3.05, 3.63) is 28.0 Å². The predicted octanol–water partition coefficient (Wildman–Crippen LogP) is 2.50. The van der Waals surface area contributed by atoms with Crippen LogP contribution in [0.3, 0.4) is 0 Å². The van der Waals surface area contributed by atoms with Crippen LogP contribution in [0.5, 0.6) is 0 Å². The van der Waals surface area contributed by atoms with Crippen molar-refractivity contribution in [2.45, 2.75) is 6.42 Å². The van der Waals surface area contributed by atoms with Gasteiger partial charge < -0.3 is 9.64 Å². The molecule has 0 atom stereocenters. The highest BCUT2D eigenvalue weighted by atomic mass is 35.5. The lowest BCUT2D eigenvalue weighted by atomic mass is 10.2. The average Bonchev–Trinajstić information content (AvgIpc) is 2.31. The number of pyridine rings is 1. The Morgan fingerprint density at radius 3 is 2.88 bits per heavy atom. The standard InChI is InChI=1S/C11H14Cl2N2O2/c1-15(4-3-5-17-2)11(16)8-6-10(13)14-7-9(8)12/h6-7H,3-5H2,1-2H3. The van der Waals surface area contributed by atoms with Gasteiger partial charge >= 0.3 is 0 Å². The highest BCUT2D eigenvalue weighted by Gasteiger charge is 2.15.